The number of hydrogen-bond acceptors (Lipinski definition) is 3. The van der Waals surface area contributed by atoms with Crippen LogP contribution >= 0.6 is 11.6 Å². The first-order valence-corrected chi connectivity index (χ1v) is 6.92. The van der Waals surface area contributed by atoms with Gasteiger partial charge in [0.2, 0.25) is 0 Å². The van der Waals surface area contributed by atoms with E-state index >= 15 is 0 Å². The SMILES string of the molecule is Cn1cnc(CNC2CC(c3ccccc3Cl)C2)n1. The van der Waals surface area contributed by atoms with Crippen molar-refractivity contribution >= 4 is 11.6 Å². The van der Waals surface area contributed by atoms with Gasteiger partial charge in [-0.15, -0.1) is 0 Å². The highest BCUT2D eigenvalue weighted by Crippen LogP contribution is 2.39. The number of nitrogens with one attached hydrogen (secondary N) is 1. The Morgan fingerprint density at radius 2 is 2.16 bits per heavy atom. The molecule has 5 heteroatoms. The first-order chi connectivity index (χ1) is 9.22. The molecule has 4 nitrogen and oxygen atoms in total. The molecule has 3 rings (SSSR count). The van der Waals surface area contributed by atoms with Gasteiger partial charge in [0.15, 0.2) is 5.82 Å². The van der Waals surface area contributed by atoms with Crippen molar-refractivity contribution in [2.24, 2.45) is 7.05 Å². The summed E-state index contributed by atoms with van der Waals surface area (Å²) in [5.41, 5.74) is 1.28. The fraction of sp³-hybridized carbons (Fsp3) is 0.429. The summed E-state index contributed by atoms with van der Waals surface area (Å²) in [6.07, 6.45) is 4.00. The Bertz CT molecular complexity index is 560. The van der Waals surface area contributed by atoms with Gasteiger partial charge < -0.3 is 5.32 Å². The molecule has 2 aromatic rings. The average molecular weight is 277 g/mol. The van der Waals surface area contributed by atoms with Crippen molar-refractivity contribution in [1.29, 1.82) is 0 Å². The molecule has 1 aliphatic rings. The van der Waals surface area contributed by atoms with E-state index in [2.05, 4.69) is 27.5 Å². The van der Waals surface area contributed by atoms with Crippen LogP contribution in [-0.2, 0) is 13.6 Å². The molecular formula is C14H17ClN4. The highest BCUT2D eigenvalue weighted by Gasteiger charge is 2.31. The number of halogens is 1. The Kier molecular flexibility index (Phi) is 3.53. The third-order valence-electron chi connectivity index (χ3n) is 3.68. The highest BCUT2D eigenvalue weighted by atomic mass is 35.5. The van der Waals surface area contributed by atoms with Gasteiger partial charge in [-0.25, -0.2) is 4.98 Å². The summed E-state index contributed by atoms with van der Waals surface area (Å²) in [5.74, 6) is 1.44. The molecule has 0 spiro atoms. The predicted octanol–water partition coefficient (Wildman–Crippen LogP) is 2.50. The summed E-state index contributed by atoms with van der Waals surface area (Å²) in [7, 11) is 1.88. The Balaban J connectivity index is 1.49. The Morgan fingerprint density at radius 1 is 1.37 bits per heavy atom. The molecule has 1 heterocycles. The number of nitrogens with zero attached hydrogens (tertiary/aromatic N) is 3. The number of rotatable bonds is 4. The maximum atomic E-state index is 6.21. The molecule has 0 amide bonds. The van der Waals surface area contributed by atoms with Crippen molar-refractivity contribution in [2.45, 2.75) is 31.3 Å². The lowest BCUT2D eigenvalue weighted by Crippen LogP contribution is -2.39. The van der Waals surface area contributed by atoms with E-state index < -0.39 is 0 Å². The van der Waals surface area contributed by atoms with Crippen LogP contribution in [0.5, 0.6) is 0 Å². The first-order valence-electron chi connectivity index (χ1n) is 6.54. The van der Waals surface area contributed by atoms with E-state index in [1.54, 1.807) is 11.0 Å². The second-order valence-corrected chi connectivity index (χ2v) is 5.51. The van der Waals surface area contributed by atoms with Gasteiger partial charge in [-0.05, 0) is 30.4 Å². The second-order valence-electron chi connectivity index (χ2n) is 5.10. The fourth-order valence-electron chi connectivity index (χ4n) is 2.55. The highest BCUT2D eigenvalue weighted by molar-refractivity contribution is 6.31. The number of aromatic nitrogens is 3. The van der Waals surface area contributed by atoms with Crippen LogP contribution in [0.2, 0.25) is 5.02 Å². The minimum Gasteiger partial charge on any atom is -0.307 e. The average Bonchev–Trinajstić information content (AvgIpc) is 2.75. The van der Waals surface area contributed by atoms with Crippen LogP contribution in [0.4, 0.5) is 0 Å². The van der Waals surface area contributed by atoms with Crippen LogP contribution in [0.3, 0.4) is 0 Å². The van der Waals surface area contributed by atoms with Crippen LogP contribution < -0.4 is 5.32 Å². The zero-order chi connectivity index (χ0) is 13.2. The molecular weight excluding hydrogens is 260 g/mol. The molecule has 0 saturated heterocycles. The summed E-state index contributed by atoms with van der Waals surface area (Å²) in [4.78, 5) is 4.21. The fourth-order valence-corrected chi connectivity index (χ4v) is 2.84. The summed E-state index contributed by atoms with van der Waals surface area (Å²) in [6, 6.07) is 8.68. The summed E-state index contributed by atoms with van der Waals surface area (Å²) < 4.78 is 1.73. The maximum Gasteiger partial charge on any atom is 0.164 e. The maximum absolute atomic E-state index is 6.21. The topological polar surface area (TPSA) is 42.7 Å². The van der Waals surface area contributed by atoms with E-state index in [-0.39, 0.29) is 0 Å². The molecule has 1 aromatic heterocycles. The Morgan fingerprint density at radius 3 is 2.84 bits per heavy atom. The van der Waals surface area contributed by atoms with Gasteiger partial charge in [-0.2, -0.15) is 5.10 Å². The third kappa shape index (κ3) is 2.80. The van der Waals surface area contributed by atoms with Gasteiger partial charge in [0.05, 0.1) is 6.54 Å². The minimum atomic E-state index is 0.546. The normalized spacial score (nSPS) is 22.2. The first kappa shape index (κ1) is 12.6. The van der Waals surface area contributed by atoms with E-state index in [1.165, 1.54) is 5.56 Å². The second kappa shape index (κ2) is 5.31. The number of benzene rings is 1. The van der Waals surface area contributed by atoms with Crippen molar-refractivity contribution in [3.05, 3.63) is 47.0 Å². The van der Waals surface area contributed by atoms with Gasteiger partial charge in [-0.1, -0.05) is 29.8 Å². The molecule has 0 bridgehead atoms. The lowest BCUT2D eigenvalue weighted by atomic mass is 9.76. The minimum absolute atomic E-state index is 0.546. The summed E-state index contributed by atoms with van der Waals surface area (Å²) in [5, 5.41) is 8.63. The molecule has 1 fully saturated rings. The molecule has 0 aliphatic heterocycles. The Labute approximate surface area is 117 Å². The Hall–Kier alpha value is -1.39. The smallest absolute Gasteiger partial charge is 0.164 e. The quantitative estimate of drug-likeness (QED) is 0.933. The molecule has 19 heavy (non-hydrogen) atoms. The monoisotopic (exact) mass is 276 g/mol. The summed E-state index contributed by atoms with van der Waals surface area (Å²) >= 11 is 6.21. The molecule has 0 atom stereocenters. The molecule has 1 aliphatic carbocycles. The van der Waals surface area contributed by atoms with Gasteiger partial charge in [-0.3, -0.25) is 4.68 Å². The van der Waals surface area contributed by atoms with Crippen molar-refractivity contribution in [2.75, 3.05) is 0 Å². The number of hydrogen-bond donors (Lipinski definition) is 1. The van der Waals surface area contributed by atoms with E-state index in [1.807, 2.05) is 19.2 Å². The largest absolute Gasteiger partial charge is 0.307 e. The lowest BCUT2D eigenvalue weighted by molar-refractivity contribution is 0.287. The third-order valence-corrected chi connectivity index (χ3v) is 4.02. The van der Waals surface area contributed by atoms with Gasteiger partial charge >= 0.3 is 0 Å². The van der Waals surface area contributed by atoms with E-state index in [4.69, 9.17) is 11.6 Å². The summed E-state index contributed by atoms with van der Waals surface area (Å²) in [6.45, 7) is 0.737. The zero-order valence-corrected chi connectivity index (χ0v) is 11.6. The van der Waals surface area contributed by atoms with Crippen LogP contribution in [0.25, 0.3) is 0 Å². The molecule has 1 aromatic carbocycles. The molecule has 0 unspecified atom stereocenters. The van der Waals surface area contributed by atoms with Gasteiger partial charge in [0.1, 0.15) is 6.33 Å². The molecule has 0 radical (unpaired) electrons. The van der Waals surface area contributed by atoms with Gasteiger partial charge in [0, 0.05) is 18.1 Å². The van der Waals surface area contributed by atoms with E-state index in [0.29, 0.717) is 12.0 Å². The molecule has 1 saturated carbocycles. The van der Waals surface area contributed by atoms with Crippen molar-refractivity contribution < 1.29 is 0 Å². The lowest BCUT2D eigenvalue weighted by Gasteiger charge is -2.36. The van der Waals surface area contributed by atoms with Gasteiger partial charge in [0.25, 0.3) is 0 Å². The predicted molar refractivity (Wildman–Crippen MR) is 75.1 cm³/mol. The number of aryl methyl sites for hydroxylation is 1. The van der Waals surface area contributed by atoms with Crippen molar-refractivity contribution in [3.63, 3.8) is 0 Å². The van der Waals surface area contributed by atoms with E-state index in [9.17, 15) is 0 Å². The van der Waals surface area contributed by atoms with Crippen LogP contribution in [-0.4, -0.2) is 20.8 Å². The standard InChI is InChI=1S/C14H17ClN4/c1-19-9-17-14(18-19)8-16-11-6-10(7-11)12-4-2-3-5-13(12)15/h2-5,9-11,16H,6-8H2,1H3. The van der Waals surface area contributed by atoms with E-state index in [0.717, 1.165) is 30.2 Å². The van der Waals surface area contributed by atoms with Crippen LogP contribution in [0.15, 0.2) is 30.6 Å². The molecule has 1 N–H and O–H groups in total. The van der Waals surface area contributed by atoms with Crippen LogP contribution in [0, 0.1) is 0 Å². The van der Waals surface area contributed by atoms with Crippen LogP contribution in [0.1, 0.15) is 30.1 Å². The zero-order valence-electron chi connectivity index (χ0n) is 10.9. The molecule has 100 valence electrons. The van der Waals surface area contributed by atoms with Crippen molar-refractivity contribution in [3.8, 4) is 0 Å². The van der Waals surface area contributed by atoms with Crippen molar-refractivity contribution in [1.82, 2.24) is 20.1 Å².